The molecule has 0 bridgehead atoms. The average molecular weight is 230 g/mol. The zero-order chi connectivity index (χ0) is 11.7. The molecule has 0 aliphatic carbocycles. The molecule has 90 valence electrons. The van der Waals surface area contributed by atoms with Crippen molar-refractivity contribution in [1.29, 1.82) is 0 Å². The molecule has 0 unspecified atom stereocenters. The molecule has 1 saturated heterocycles. The van der Waals surface area contributed by atoms with Gasteiger partial charge in [0, 0.05) is 44.5 Å². The van der Waals surface area contributed by atoms with E-state index in [4.69, 9.17) is 0 Å². The monoisotopic (exact) mass is 230 g/mol. The zero-order valence-corrected chi connectivity index (χ0v) is 10.2. The second kappa shape index (κ2) is 4.47. The number of rotatable bonds is 2. The predicted octanol–water partition coefficient (Wildman–Crippen LogP) is 1.05. The van der Waals surface area contributed by atoms with Gasteiger partial charge in [-0.2, -0.15) is 5.10 Å². The van der Waals surface area contributed by atoms with Crippen LogP contribution in [-0.4, -0.2) is 40.7 Å². The first-order chi connectivity index (χ1) is 8.33. The Morgan fingerprint density at radius 1 is 1.29 bits per heavy atom. The maximum absolute atomic E-state index is 4.42. The van der Waals surface area contributed by atoms with E-state index in [2.05, 4.69) is 40.6 Å². The minimum absolute atomic E-state index is 1.01. The molecule has 2 aromatic heterocycles. The van der Waals surface area contributed by atoms with Crippen LogP contribution in [0.15, 0.2) is 24.5 Å². The molecule has 0 saturated carbocycles. The van der Waals surface area contributed by atoms with Crippen LogP contribution in [0, 0.1) is 6.92 Å². The summed E-state index contributed by atoms with van der Waals surface area (Å²) in [6, 6.07) is 4.32. The topological polar surface area (TPSA) is 32.6 Å². The van der Waals surface area contributed by atoms with Gasteiger partial charge in [0.2, 0.25) is 0 Å². The smallest absolute Gasteiger partial charge is 0.0706 e. The van der Waals surface area contributed by atoms with E-state index in [1.807, 2.05) is 10.7 Å². The minimum Gasteiger partial charge on any atom is -0.314 e. The fourth-order valence-corrected chi connectivity index (χ4v) is 2.37. The van der Waals surface area contributed by atoms with Gasteiger partial charge >= 0.3 is 0 Å². The lowest BCUT2D eigenvalue weighted by molar-refractivity contribution is 0.234. The van der Waals surface area contributed by atoms with Gasteiger partial charge in [-0.1, -0.05) is 6.07 Å². The third kappa shape index (κ3) is 2.18. The molecular weight excluding hydrogens is 212 g/mol. The lowest BCUT2D eigenvalue weighted by Gasteiger charge is -2.26. The van der Waals surface area contributed by atoms with Crippen LogP contribution in [0.5, 0.6) is 0 Å². The molecule has 0 spiro atoms. The standard InChI is InChI=1S/C13H18N4/c1-11-2-3-13-12(8-15-17(13)9-11)10-16-6-4-14-5-7-16/h2-3,8-9,14H,4-7,10H2,1H3. The van der Waals surface area contributed by atoms with Gasteiger partial charge in [0.25, 0.3) is 0 Å². The van der Waals surface area contributed by atoms with Gasteiger partial charge in [0.15, 0.2) is 0 Å². The summed E-state index contributed by atoms with van der Waals surface area (Å²) in [7, 11) is 0. The third-order valence-electron chi connectivity index (χ3n) is 3.35. The molecule has 0 atom stereocenters. The van der Waals surface area contributed by atoms with Crippen molar-refractivity contribution in [3.05, 3.63) is 35.7 Å². The van der Waals surface area contributed by atoms with Crippen molar-refractivity contribution < 1.29 is 0 Å². The van der Waals surface area contributed by atoms with E-state index in [1.54, 1.807) is 0 Å². The Kier molecular flexibility index (Phi) is 2.82. The van der Waals surface area contributed by atoms with E-state index in [1.165, 1.54) is 16.6 Å². The van der Waals surface area contributed by atoms with Gasteiger partial charge in [0.1, 0.15) is 0 Å². The first-order valence-corrected chi connectivity index (χ1v) is 6.19. The molecule has 4 heteroatoms. The molecule has 0 aromatic carbocycles. The lowest BCUT2D eigenvalue weighted by atomic mass is 10.2. The van der Waals surface area contributed by atoms with Crippen LogP contribution in [0.25, 0.3) is 5.52 Å². The average Bonchev–Trinajstić information content (AvgIpc) is 2.73. The number of nitrogens with zero attached hydrogens (tertiary/aromatic N) is 3. The Hall–Kier alpha value is -1.39. The minimum atomic E-state index is 1.01. The SMILES string of the molecule is Cc1ccc2c(CN3CCNCC3)cnn2c1. The number of hydrogen-bond acceptors (Lipinski definition) is 3. The quantitative estimate of drug-likeness (QED) is 0.837. The number of aryl methyl sites for hydroxylation is 1. The molecule has 0 amide bonds. The second-order valence-electron chi connectivity index (χ2n) is 4.73. The van der Waals surface area contributed by atoms with Crippen molar-refractivity contribution in [2.45, 2.75) is 13.5 Å². The molecule has 1 aliphatic rings. The molecule has 3 heterocycles. The number of aromatic nitrogens is 2. The highest BCUT2D eigenvalue weighted by molar-refractivity contribution is 5.54. The van der Waals surface area contributed by atoms with Gasteiger partial charge in [0.05, 0.1) is 11.7 Å². The fourth-order valence-electron chi connectivity index (χ4n) is 2.37. The summed E-state index contributed by atoms with van der Waals surface area (Å²) < 4.78 is 1.98. The van der Waals surface area contributed by atoms with Crippen LogP contribution < -0.4 is 5.32 Å². The van der Waals surface area contributed by atoms with Crippen LogP contribution in [0.3, 0.4) is 0 Å². The molecule has 2 aromatic rings. The number of piperazine rings is 1. The molecule has 1 fully saturated rings. The molecule has 1 aliphatic heterocycles. The van der Waals surface area contributed by atoms with Crippen LogP contribution in [0.2, 0.25) is 0 Å². The number of fused-ring (bicyclic) bond motifs is 1. The van der Waals surface area contributed by atoms with E-state index in [0.29, 0.717) is 0 Å². The van der Waals surface area contributed by atoms with E-state index in [0.717, 1.165) is 32.7 Å². The predicted molar refractivity (Wildman–Crippen MR) is 68.1 cm³/mol. The molecule has 3 rings (SSSR count). The van der Waals surface area contributed by atoms with Crippen LogP contribution in [-0.2, 0) is 6.54 Å². The Balaban J connectivity index is 1.84. The Morgan fingerprint density at radius 3 is 2.94 bits per heavy atom. The largest absolute Gasteiger partial charge is 0.314 e. The molecule has 1 N–H and O–H groups in total. The van der Waals surface area contributed by atoms with E-state index in [-0.39, 0.29) is 0 Å². The summed E-state index contributed by atoms with van der Waals surface area (Å²) in [6.07, 6.45) is 4.08. The van der Waals surface area contributed by atoms with Gasteiger partial charge in [-0.3, -0.25) is 4.90 Å². The molecule has 17 heavy (non-hydrogen) atoms. The highest BCUT2D eigenvalue weighted by Gasteiger charge is 2.12. The Labute approximate surface area is 101 Å². The van der Waals surface area contributed by atoms with E-state index < -0.39 is 0 Å². The van der Waals surface area contributed by atoms with Gasteiger partial charge in [-0.15, -0.1) is 0 Å². The summed E-state index contributed by atoms with van der Waals surface area (Å²) >= 11 is 0. The third-order valence-corrected chi connectivity index (χ3v) is 3.35. The fraction of sp³-hybridized carbons (Fsp3) is 0.462. The van der Waals surface area contributed by atoms with Crippen molar-refractivity contribution >= 4 is 5.52 Å². The lowest BCUT2D eigenvalue weighted by Crippen LogP contribution is -2.42. The van der Waals surface area contributed by atoms with Crippen molar-refractivity contribution in [3.63, 3.8) is 0 Å². The van der Waals surface area contributed by atoms with E-state index >= 15 is 0 Å². The first kappa shape index (κ1) is 10.7. The summed E-state index contributed by atoms with van der Waals surface area (Å²) in [5, 5.41) is 7.80. The number of pyridine rings is 1. The van der Waals surface area contributed by atoms with Gasteiger partial charge < -0.3 is 5.32 Å². The molecule has 4 nitrogen and oxygen atoms in total. The maximum Gasteiger partial charge on any atom is 0.0706 e. The highest BCUT2D eigenvalue weighted by Crippen LogP contribution is 2.14. The highest BCUT2D eigenvalue weighted by atomic mass is 15.2. The van der Waals surface area contributed by atoms with Crippen LogP contribution >= 0.6 is 0 Å². The second-order valence-corrected chi connectivity index (χ2v) is 4.73. The zero-order valence-electron chi connectivity index (χ0n) is 10.2. The molecular formula is C13H18N4. The van der Waals surface area contributed by atoms with Crippen LogP contribution in [0.4, 0.5) is 0 Å². The number of nitrogens with one attached hydrogen (secondary N) is 1. The summed E-state index contributed by atoms with van der Waals surface area (Å²) in [5.41, 5.74) is 3.80. The van der Waals surface area contributed by atoms with Crippen molar-refractivity contribution in [2.75, 3.05) is 26.2 Å². The van der Waals surface area contributed by atoms with Crippen LogP contribution in [0.1, 0.15) is 11.1 Å². The number of hydrogen-bond donors (Lipinski definition) is 1. The van der Waals surface area contributed by atoms with Crippen molar-refractivity contribution in [1.82, 2.24) is 19.8 Å². The molecule has 0 radical (unpaired) electrons. The summed E-state index contributed by atoms with van der Waals surface area (Å²) in [4.78, 5) is 2.48. The first-order valence-electron chi connectivity index (χ1n) is 6.19. The maximum atomic E-state index is 4.42. The summed E-state index contributed by atoms with van der Waals surface area (Å²) in [6.45, 7) is 7.55. The summed E-state index contributed by atoms with van der Waals surface area (Å²) in [5.74, 6) is 0. The Morgan fingerprint density at radius 2 is 2.12 bits per heavy atom. The van der Waals surface area contributed by atoms with Gasteiger partial charge in [-0.05, 0) is 18.6 Å². The normalized spacial score (nSPS) is 17.7. The van der Waals surface area contributed by atoms with Gasteiger partial charge in [-0.25, -0.2) is 4.52 Å². The van der Waals surface area contributed by atoms with Crippen molar-refractivity contribution in [2.24, 2.45) is 0 Å². The van der Waals surface area contributed by atoms with Crippen molar-refractivity contribution in [3.8, 4) is 0 Å². The van der Waals surface area contributed by atoms with E-state index in [9.17, 15) is 0 Å². The Bertz CT molecular complexity index is 511.